The zero-order chi connectivity index (χ0) is 27.7. The number of nitrogens with zero attached hydrogens (tertiary/aromatic N) is 5. The van der Waals surface area contributed by atoms with E-state index in [1.807, 2.05) is 19.1 Å². The Balaban J connectivity index is 1.35. The average molecular weight is 569 g/mol. The average Bonchev–Trinajstić information content (AvgIpc) is 3.34. The lowest BCUT2D eigenvalue weighted by Crippen LogP contribution is -2.25. The van der Waals surface area contributed by atoms with Crippen LogP contribution in [0.15, 0.2) is 36.8 Å². The molecule has 0 aliphatic rings. The Hall–Kier alpha value is -4.16. The Morgan fingerprint density at radius 2 is 1.87 bits per heavy atom. The second-order valence-corrected chi connectivity index (χ2v) is 10.0. The number of hydrogen-bond donors (Lipinski definition) is 1. The number of ether oxygens (including phenoxy) is 3. The number of carbonyl (C=O) groups is 1. The van der Waals surface area contributed by atoms with Gasteiger partial charge < -0.3 is 14.2 Å². The molecule has 1 N–H and O–H groups in total. The van der Waals surface area contributed by atoms with Crippen molar-refractivity contribution in [3.05, 3.63) is 59.0 Å². The summed E-state index contributed by atoms with van der Waals surface area (Å²) < 4.78 is 31.8. The number of aryl methyl sites for hydroxylation is 2. The molecule has 0 radical (unpaired) electrons. The summed E-state index contributed by atoms with van der Waals surface area (Å²) in [6.07, 6.45) is 3.04. The predicted octanol–water partition coefficient (Wildman–Crippen LogP) is 6.13. The van der Waals surface area contributed by atoms with Gasteiger partial charge in [-0.2, -0.15) is 0 Å². The van der Waals surface area contributed by atoms with Gasteiger partial charge >= 0.3 is 6.09 Å². The van der Waals surface area contributed by atoms with Crippen molar-refractivity contribution in [1.29, 1.82) is 0 Å². The summed E-state index contributed by atoms with van der Waals surface area (Å²) in [6.45, 7) is 5.18. The van der Waals surface area contributed by atoms with Crippen LogP contribution in [-0.4, -0.2) is 50.8 Å². The van der Waals surface area contributed by atoms with Crippen molar-refractivity contribution in [3.8, 4) is 22.2 Å². The van der Waals surface area contributed by atoms with Crippen LogP contribution in [0.5, 0.6) is 11.6 Å². The number of rotatable bonds is 7. The zero-order valence-electron chi connectivity index (χ0n) is 21.3. The van der Waals surface area contributed by atoms with Gasteiger partial charge in [0.05, 0.1) is 47.1 Å². The SMILES string of the molecule is COc1cnc2c(-c3nc4c(Cl)c(F)c(OC[C@@H](C)OC(=O)Nc5cnc(C)nc5)cc4s3)cc(C)cc2n1. The summed E-state index contributed by atoms with van der Waals surface area (Å²) in [4.78, 5) is 33.7. The highest BCUT2D eigenvalue weighted by Crippen LogP contribution is 2.40. The fourth-order valence-electron chi connectivity index (χ4n) is 3.74. The minimum atomic E-state index is -0.756. The van der Waals surface area contributed by atoms with Gasteiger partial charge in [-0.25, -0.2) is 34.1 Å². The van der Waals surface area contributed by atoms with E-state index in [0.29, 0.717) is 43.6 Å². The molecule has 1 atom stereocenters. The largest absolute Gasteiger partial charge is 0.487 e. The Labute approximate surface area is 231 Å². The van der Waals surface area contributed by atoms with Gasteiger partial charge in [0.25, 0.3) is 0 Å². The first-order chi connectivity index (χ1) is 18.7. The summed E-state index contributed by atoms with van der Waals surface area (Å²) in [6, 6.07) is 5.37. The van der Waals surface area contributed by atoms with E-state index in [9.17, 15) is 4.79 Å². The third kappa shape index (κ3) is 5.66. The minimum absolute atomic E-state index is 0.0795. The maximum Gasteiger partial charge on any atom is 0.412 e. The highest BCUT2D eigenvalue weighted by Gasteiger charge is 2.21. The molecule has 0 aliphatic heterocycles. The van der Waals surface area contributed by atoms with Gasteiger partial charge in [0, 0.05) is 11.6 Å². The highest BCUT2D eigenvalue weighted by atomic mass is 35.5. The molecular weight excluding hydrogens is 547 g/mol. The molecule has 5 rings (SSSR count). The van der Waals surface area contributed by atoms with Gasteiger partial charge in [-0.1, -0.05) is 11.6 Å². The van der Waals surface area contributed by atoms with Crippen molar-refractivity contribution >= 4 is 56.0 Å². The maximum absolute atomic E-state index is 15.1. The van der Waals surface area contributed by atoms with Crippen molar-refractivity contribution in [3.63, 3.8) is 0 Å². The van der Waals surface area contributed by atoms with E-state index in [1.54, 1.807) is 13.8 Å². The number of carbonyl (C=O) groups excluding carboxylic acids is 1. The van der Waals surface area contributed by atoms with Crippen molar-refractivity contribution in [2.75, 3.05) is 19.0 Å². The van der Waals surface area contributed by atoms with Gasteiger partial charge in [0.15, 0.2) is 11.6 Å². The number of aromatic nitrogens is 5. The molecule has 39 heavy (non-hydrogen) atoms. The topological polar surface area (TPSA) is 121 Å². The van der Waals surface area contributed by atoms with Gasteiger partial charge in [0.2, 0.25) is 5.88 Å². The molecule has 5 aromatic rings. The third-order valence-corrected chi connectivity index (χ3v) is 6.93. The first-order valence-corrected chi connectivity index (χ1v) is 12.9. The van der Waals surface area contributed by atoms with Crippen molar-refractivity contribution < 1.29 is 23.4 Å². The zero-order valence-corrected chi connectivity index (χ0v) is 22.9. The van der Waals surface area contributed by atoms with Gasteiger partial charge in [0.1, 0.15) is 34.1 Å². The Bertz CT molecular complexity index is 1700. The van der Waals surface area contributed by atoms with Crippen molar-refractivity contribution in [1.82, 2.24) is 24.9 Å². The number of halogens is 2. The molecule has 0 saturated carbocycles. The van der Waals surface area contributed by atoms with Crippen molar-refractivity contribution in [2.45, 2.75) is 26.9 Å². The molecule has 0 unspecified atom stereocenters. The lowest BCUT2D eigenvalue weighted by atomic mass is 10.1. The van der Waals surface area contributed by atoms with Crippen LogP contribution in [0.1, 0.15) is 18.3 Å². The van der Waals surface area contributed by atoms with E-state index in [0.717, 1.165) is 11.1 Å². The monoisotopic (exact) mass is 568 g/mol. The van der Waals surface area contributed by atoms with E-state index in [4.69, 9.17) is 25.8 Å². The molecular formula is C26H22ClFN6O4S. The van der Waals surface area contributed by atoms with E-state index in [-0.39, 0.29) is 17.4 Å². The number of hydrogen-bond acceptors (Lipinski definition) is 10. The van der Waals surface area contributed by atoms with Gasteiger partial charge in [-0.3, -0.25) is 5.32 Å². The first kappa shape index (κ1) is 26.4. The van der Waals surface area contributed by atoms with E-state index < -0.39 is 18.0 Å². The van der Waals surface area contributed by atoms with Crippen molar-refractivity contribution in [2.24, 2.45) is 0 Å². The molecule has 2 aromatic carbocycles. The molecule has 200 valence electrons. The minimum Gasteiger partial charge on any atom is -0.487 e. The number of fused-ring (bicyclic) bond motifs is 2. The van der Waals surface area contributed by atoms with Crippen LogP contribution in [0.25, 0.3) is 31.8 Å². The number of thiazole rings is 1. The van der Waals surface area contributed by atoms with Crippen LogP contribution >= 0.6 is 22.9 Å². The molecule has 10 nitrogen and oxygen atoms in total. The van der Waals surface area contributed by atoms with Crippen LogP contribution in [0.3, 0.4) is 0 Å². The predicted molar refractivity (Wildman–Crippen MR) is 146 cm³/mol. The third-order valence-electron chi connectivity index (χ3n) is 5.55. The molecule has 0 fully saturated rings. The second-order valence-electron chi connectivity index (χ2n) is 8.63. The van der Waals surface area contributed by atoms with E-state index >= 15 is 4.39 Å². The summed E-state index contributed by atoms with van der Waals surface area (Å²) in [5.74, 6) is 0.135. The summed E-state index contributed by atoms with van der Waals surface area (Å²) in [5, 5.41) is 2.96. The van der Waals surface area contributed by atoms with Crippen LogP contribution in [0, 0.1) is 19.7 Å². The van der Waals surface area contributed by atoms with Crippen LogP contribution in [0.2, 0.25) is 5.02 Å². The van der Waals surface area contributed by atoms with E-state index in [1.165, 1.54) is 43.1 Å². The lowest BCUT2D eigenvalue weighted by molar-refractivity contribution is 0.0844. The van der Waals surface area contributed by atoms with Crippen LogP contribution < -0.4 is 14.8 Å². The highest BCUT2D eigenvalue weighted by molar-refractivity contribution is 7.21. The number of anilines is 1. The fraction of sp³-hybridized carbons (Fsp3) is 0.231. The molecule has 0 spiro atoms. The normalized spacial score (nSPS) is 11.9. The number of amides is 1. The number of nitrogens with one attached hydrogen (secondary N) is 1. The molecule has 1 amide bonds. The number of methoxy groups -OCH3 is 1. The molecule has 0 bridgehead atoms. The molecule has 0 aliphatic carbocycles. The number of benzene rings is 2. The smallest absolute Gasteiger partial charge is 0.412 e. The molecule has 3 aromatic heterocycles. The molecule has 0 saturated heterocycles. The standard InChI is InChI=1S/C26H22ClFN6O4S/c1-12-5-16(23-17(6-12)33-20(36-4)10-31-23)25-34-24-19(39-25)7-18(22(28)21(24)27)37-11-13(2)38-26(35)32-15-8-29-14(3)30-9-15/h5-10,13H,11H2,1-4H3,(H,32,35)/t13-/m1/s1. The fourth-order valence-corrected chi connectivity index (χ4v) is 5.05. The Morgan fingerprint density at radius 1 is 1.10 bits per heavy atom. The first-order valence-electron chi connectivity index (χ1n) is 11.7. The lowest BCUT2D eigenvalue weighted by Gasteiger charge is -2.15. The Morgan fingerprint density at radius 3 is 2.62 bits per heavy atom. The van der Waals surface area contributed by atoms with Gasteiger partial charge in [-0.15, -0.1) is 11.3 Å². The van der Waals surface area contributed by atoms with E-state index in [2.05, 4.69) is 30.2 Å². The van der Waals surface area contributed by atoms with Crippen LogP contribution in [-0.2, 0) is 4.74 Å². The molecule has 3 heterocycles. The summed E-state index contributed by atoms with van der Waals surface area (Å²) >= 11 is 7.68. The second kappa shape index (κ2) is 10.9. The maximum atomic E-state index is 15.1. The summed E-state index contributed by atoms with van der Waals surface area (Å²) in [7, 11) is 1.53. The quantitative estimate of drug-likeness (QED) is 0.247. The van der Waals surface area contributed by atoms with Gasteiger partial charge in [-0.05, 0) is 38.5 Å². The molecule has 13 heteroatoms. The summed E-state index contributed by atoms with van der Waals surface area (Å²) in [5.41, 5.74) is 3.67. The van der Waals surface area contributed by atoms with Crippen LogP contribution in [0.4, 0.5) is 14.9 Å². The Kier molecular flexibility index (Phi) is 7.40.